The van der Waals surface area contributed by atoms with Gasteiger partial charge in [0, 0.05) is 81.3 Å². The average Bonchev–Trinajstić information content (AvgIpc) is 3.99. The predicted molar refractivity (Wildman–Crippen MR) is 281 cm³/mol. The molecule has 7 N–H and O–H groups in total. The van der Waals surface area contributed by atoms with Gasteiger partial charge in [-0.3, -0.25) is 14.6 Å². The summed E-state index contributed by atoms with van der Waals surface area (Å²) in [5.74, 6) is -0.892. The number of pyridine rings is 1. The highest BCUT2D eigenvalue weighted by Crippen LogP contribution is 2.35. The lowest BCUT2D eigenvalue weighted by Crippen LogP contribution is -2.54. The fraction of sp³-hybridized carbons (Fsp3) is 0.453. The molecule has 0 radical (unpaired) electrons. The molecular weight excluding hydrogens is 901 g/mol. The monoisotopic (exact) mass is 975 g/mol. The van der Waals surface area contributed by atoms with E-state index in [-0.39, 0.29) is 36.9 Å². The van der Waals surface area contributed by atoms with Gasteiger partial charge in [0.15, 0.2) is 0 Å². The minimum atomic E-state index is -2.56. The van der Waals surface area contributed by atoms with Gasteiger partial charge in [0.1, 0.15) is 17.8 Å². The summed E-state index contributed by atoms with van der Waals surface area (Å²) in [6.07, 6.45) is 2.45. The van der Waals surface area contributed by atoms with Crippen molar-refractivity contribution in [3.63, 3.8) is 0 Å². The second kappa shape index (κ2) is 25.2. The molecule has 4 unspecified atom stereocenters. The molecule has 6 rings (SSSR count). The van der Waals surface area contributed by atoms with Crippen molar-refractivity contribution in [1.82, 2.24) is 35.4 Å². The molecular formula is C53H74N10O6Si. The highest BCUT2D eigenvalue weighted by molar-refractivity contribution is 6.64. The van der Waals surface area contributed by atoms with E-state index in [1.807, 2.05) is 87.7 Å². The molecule has 0 aliphatic carbocycles. The van der Waals surface area contributed by atoms with Crippen molar-refractivity contribution in [3.8, 4) is 11.3 Å². The Labute approximate surface area is 414 Å². The van der Waals surface area contributed by atoms with Crippen molar-refractivity contribution >= 4 is 48.8 Å². The molecule has 3 aromatic carbocycles. The fourth-order valence-electron chi connectivity index (χ4n) is 8.56. The van der Waals surface area contributed by atoms with Crippen molar-refractivity contribution in [3.05, 3.63) is 119 Å². The van der Waals surface area contributed by atoms with Crippen LogP contribution in [0.3, 0.4) is 0 Å². The van der Waals surface area contributed by atoms with Crippen LogP contribution >= 0.6 is 0 Å². The number of nitrogens with one attached hydrogen (secondary N) is 4. The molecule has 70 heavy (non-hydrogen) atoms. The Kier molecular flexibility index (Phi) is 19.3. The number of H-pyrrole nitrogens is 1. The number of nitrogens with zero attached hydrogens (tertiary/aromatic N) is 5. The number of hydrogen-bond donors (Lipinski definition) is 6. The first kappa shape index (κ1) is 53.4. The van der Waals surface area contributed by atoms with Crippen LogP contribution in [0.15, 0.2) is 102 Å². The maximum absolute atomic E-state index is 13.2. The van der Waals surface area contributed by atoms with E-state index in [1.54, 1.807) is 11.9 Å². The van der Waals surface area contributed by atoms with Crippen LogP contribution in [0.1, 0.15) is 68.2 Å². The first-order valence-electron chi connectivity index (χ1n) is 24.5. The summed E-state index contributed by atoms with van der Waals surface area (Å²) in [6, 6.07) is 28.7. The Hall–Kier alpha value is -5.95. The predicted octanol–water partition coefficient (Wildman–Crippen LogP) is 6.67. The minimum Gasteiger partial charge on any atom is -0.394 e. The number of aliphatic hydroxyl groups is 1. The molecule has 16 nitrogen and oxygen atoms in total. The molecule has 5 aromatic rings. The van der Waals surface area contributed by atoms with Gasteiger partial charge in [-0.2, -0.15) is 5.10 Å². The molecule has 0 bridgehead atoms. The third kappa shape index (κ3) is 15.3. The third-order valence-electron chi connectivity index (χ3n) is 12.4. The molecule has 4 atom stereocenters. The van der Waals surface area contributed by atoms with Crippen molar-refractivity contribution < 1.29 is 28.3 Å². The largest absolute Gasteiger partial charge is 0.394 e. The molecule has 3 heterocycles. The van der Waals surface area contributed by atoms with E-state index >= 15 is 0 Å². The number of aryl methyl sites for hydroxylation is 1. The number of likely N-dealkylation sites (N-methyl/N-ethyl adjacent to an activating group) is 1. The van der Waals surface area contributed by atoms with Crippen molar-refractivity contribution in [2.24, 2.45) is 16.8 Å². The summed E-state index contributed by atoms with van der Waals surface area (Å²) in [5, 5.41) is 27.5. The van der Waals surface area contributed by atoms with Crippen LogP contribution in [-0.4, -0.2) is 141 Å². The van der Waals surface area contributed by atoms with E-state index < -0.39 is 32.7 Å². The van der Waals surface area contributed by atoms with E-state index in [4.69, 9.17) is 24.7 Å². The summed E-state index contributed by atoms with van der Waals surface area (Å²) in [6.45, 7) is 13.6. The number of benzene rings is 3. The molecule has 0 saturated heterocycles. The van der Waals surface area contributed by atoms with E-state index in [0.29, 0.717) is 44.5 Å². The Morgan fingerprint density at radius 2 is 1.66 bits per heavy atom. The smallest absolute Gasteiger partial charge is 0.331 e. The zero-order valence-corrected chi connectivity index (χ0v) is 43.2. The lowest BCUT2D eigenvalue weighted by atomic mass is 9.89. The lowest BCUT2D eigenvalue weighted by Gasteiger charge is -2.25. The Balaban J connectivity index is 0.931. The molecule has 1 aliphatic heterocycles. The van der Waals surface area contributed by atoms with Gasteiger partial charge < -0.3 is 50.4 Å². The van der Waals surface area contributed by atoms with Crippen LogP contribution < -0.4 is 21.7 Å². The summed E-state index contributed by atoms with van der Waals surface area (Å²) in [4.78, 5) is 51.4. The number of amides is 4. The zero-order valence-electron chi connectivity index (χ0n) is 42.2. The van der Waals surface area contributed by atoms with Crippen LogP contribution in [0, 0.1) is 5.92 Å². The number of fused-ring (bicyclic) bond motifs is 1. The highest BCUT2D eigenvalue weighted by atomic mass is 28.4. The van der Waals surface area contributed by atoms with Crippen LogP contribution in [0.25, 0.3) is 22.3 Å². The highest BCUT2D eigenvalue weighted by Gasteiger charge is 2.32. The molecule has 0 spiro atoms. The van der Waals surface area contributed by atoms with Gasteiger partial charge in [-0.25, -0.2) is 9.78 Å². The number of aromatic nitrogens is 2. The number of anilines is 1. The van der Waals surface area contributed by atoms with Crippen LogP contribution in [-0.2, 0) is 31.4 Å². The third-order valence-corrected chi connectivity index (χ3v) is 14.2. The topological polar surface area (TPSA) is 203 Å². The van der Waals surface area contributed by atoms with Gasteiger partial charge in [0.25, 0.3) is 5.91 Å². The summed E-state index contributed by atoms with van der Waals surface area (Å²) in [7, 11) is 3.33. The Morgan fingerprint density at radius 1 is 0.929 bits per heavy atom. The number of rotatable bonds is 25. The molecule has 1 aliphatic rings. The van der Waals surface area contributed by atoms with Crippen LogP contribution in [0.5, 0.6) is 0 Å². The summed E-state index contributed by atoms with van der Waals surface area (Å²) in [5.41, 5.74) is 15.3. The van der Waals surface area contributed by atoms with E-state index in [2.05, 4.69) is 88.3 Å². The van der Waals surface area contributed by atoms with Crippen molar-refractivity contribution in [2.75, 3.05) is 65.9 Å². The van der Waals surface area contributed by atoms with Gasteiger partial charge >= 0.3 is 14.6 Å². The number of aliphatic hydroxyl groups excluding tert-OH is 1. The number of aromatic amines is 1. The molecule has 4 amide bonds. The maximum atomic E-state index is 13.2. The van der Waals surface area contributed by atoms with Gasteiger partial charge in [-0.15, -0.1) is 0 Å². The number of nitrogens with two attached hydrogens (primary N) is 1. The Morgan fingerprint density at radius 3 is 2.37 bits per heavy atom. The molecule has 376 valence electrons. The van der Waals surface area contributed by atoms with Crippen molar-refractivity contribution in [2.45, 2.75) is 90.2 Å². The summed E-state index contributed by atoms with van der Waals surface area (Å²) < 4.78 is 12.2. The molecule has 0 saturated carbocycles. The van der Waals surface area contributed by atoms with E-state index in [0.717, 1.165) is 58.8 Å². The molecule has 2 aromatic heterocycles. The number of hydrogen-bond acceptors (Lipinski definition) is 11. The first-order valence-corrected chi connectivity index (χ1v) is 27.3. The SMILES string of the molecule is CCN1CC(c2ccnc3[nH]c(-c4cccc(CN(C)C)c4)cc23)C(c2ccc(NC(=O)N(C)CCCO[Si](C)(C)OCCNC(=O)C(CC(C)C)NC(=O)C(O)C(N)CCc3ccccc3)cc2)=N1. The summed E-state index contributed by atoms with van der Waals surface area (Å²) >= 11 is 0. The number of carbonyl (C=O) groups excluding carboxylic acids is 3. The second-order valence-electron chi connectivity index (χ2n) is 19.3. The van der Waals surface area contributed by atoms with Crippen LogP contribution in [0.2, 0.25) is 13.1 Å². The van der Waals surface area contributed by atoms with Gasteiger partial charge in [-0.05, 0) is 124 Å². The van der Waals surface area contributed by atoms with Gasteiger partial charge in [0.2, 0.25) is 5.91 Å². The maximum Gasteiger partial charge on any atom is 0.331 e. The number of carbonyl (C=O) groups is 3. The fourth-order valence-corrected chi connectivity index (χ4v) is 9.88. The van der Waals surface area contributed by atoms with Crippen molar-refractivity contribution in [1.29, 1.82) is 0 Å². The lowest BCUT2D eigenvalue weighted by molar-refractivity contribution is -0.135. The molecule has 0 fully saturated rings. The zero-order chi connectivity index (χ0) is 50.4. The quantitative estimate of drug-likeness (QED) is 0.0271. The van der Waals surface area contributed by atoms with E-state index in [1.165, 1.54) is 11.1 Å². The van der Waals surface area contributed by atoms with E-state index in [9.17, 15) is 19.5 Å². The van der Waals surface area contributed by atoms with Gasteiger partial charge in [0.05, 0.1) is 12.3 Å². The standard InChI is InChI=1S/C53H74N10O6Si/c1-9-63-35-44(42-25-26-55-50-43(42)33-46(58-50)40-18-13-17-38(32-40)34-61(4)5)48(60-63)39-20-22-41(23-21-39)57-53(67)62(6)28-14-29-68-70(7,8)69-30-27-56-51(65)47(31-36(2)3)59-52(66)49(64)45(54)24-19-37-15-11-10-12-16-37/h10-13,15-18,20-23,25-26,32-33,36,44-45,47,49,64H,9,14,19,24,27-31,34-35,54H2,1-8H3,(H,55,58)(H,56,65)(H,57,67)(H,59,66). The first-order chi connectivity index (χ1) is 33.5. The molecule has 17 heteroatoms. The van der Waals surface area contributed by atoms with Gasteiger partial charge in [-0.1, -0.05) is 74.5 Å². The minimum absolute atomic E-state index is 0.0263. The Bertz CT molecular complexity index is 2520. The number of urea groups is 1. The second-order valence-corrected chi connectivity index (χ2v) is 22.7. The normalized spacial score (nSPS) is 15.2. The number of hydrazone groups is 1. The van der Waals surface area contributed by atoms with Crippen LogP contribution in [0.4, 0.5) is 10.5 Å². The average molecular weight is 975 g/mol.